The van der Waals surface area contributed by atoms with E-state index in [-0.39, 0.29) is 6.03 Å². The van der Waals surface area contributed by atoms with Gasteiger partial charge in [0.2, 0.25) is 0 Å². The van der Waals surface area contributed by atoms with Crippen molar-refractivity contribution >= 4 is 28.6 Å². The highest BCUT2D eigenvalue weighted by Gasteiger charge is 2.34. The monoisotopic (exact) mass is 402 g/mol. The third kappa shape index (κ3) is 2.39. The molecule has 4 aliphatic rings. The first-order valence-electron chi connectivity index (χ1n) is 7.61. The molecule has 1 aromatic rings. The van der Waals surface area contributed by atoms with Gasteiger partial charge in [-0.3, -0.25) is 0 Å². The van der Waals surface area contributed by atoms with Crippen LogP contribution < -0.4 is 0 Å². The fourth-order valence-electron chi connectivity index (χ4n) is 3.62. The minimum atomic E-state index is 0.0600. The Hall–Kier alpha value is -0.670. The van der Waals surface area contributed by atoms with Gasteiger partial charge >= 0.3 is 6.03 Å². The maximum atomic E-state index is 13.0. The third-order valence-corrected chi connectivity index (χ3v) is 5.72. The maximum Gasteiger partial charge on any atom is 0.345 e. The van der Waals surface area contributed by atoms with Crippen molar-refractivity contribution in [3.05, 3.63) is 15.0 Å². The van der Waals surface area contributed by atoms with E-state index in [1.807, 2.05) is 4.90 Å². The van der Waals surface area contributed by atoms with Crippen molar-refractivity contribution in [3.8, 4) is 0 Å². The largest absolute Gasteiger partial charge is 0.376 e. The molecule has 7 heteroatoms. The molecular weight excluding hydrogens is 383 g/mol. The van der Waals surface area contributed by atoms with E-state index in [1.165, 1.54) is 0 Å². The van der Waals surface area contributed by atoms with Crippen LogP contribution in [0.25, 0.3) is 0 Å². The molecule has 3 saturated heterocycles. The topological polar surface area (TPSA) is 50.6 Å². The van der Waals surface area contributed by atoms with Crippen molar-refractivity contribution in [2.24, 2.45) is 0 Å². The SMILES string of the molecule is O=C(N1CCN2CCC1CC2)n1nc(I)c2c1CCOC2. The lowest BCUT2D eigenvalue weighted by molar-refractivity contribution is 0.108. The minimum absolute atomic E-state index is 0.0600. The predicted octanol–water partition coefficient (Wildman–Crippen LogP) is 1.31. The van der Waals surface area contributed by atoms with Gasteiger partial charge in [-0.1, -0.05) is 0 Å². The normalized spacial score (nSPS) is 28.3. The summed E-state index contributed by atoms with van der Waals surface area (Å²) in [4.78, 5) is 17.5. The second kappa shape index (κ2) is 5.51. The van der Waals surface area contributed by atoms with Gasteiger partial charge in [-0.2, -0.15) is 9.78 Å². The quantitative estimate of drug-likeness (QED) is 0.615. The summed E-state index contributed by atoms with van der Waals surface area (Å²) in [6.45, 7) is 5.32. The molecule has 6 nitrogen and oxygen atoms in total. The van der Waals surface area contributed by atoms with Crippen molar-refractivity contribution in [2.45, 2.75) is 31.9 Å². The fourth-order valence-corrected chi connectivity index (χ4v) is 4.30. The van der Waals surface area contributed by atoms with E-state index in [0.29, 0.717) is 19.3 Å². The molecule has 21 heavy (non-hydrogen) atoms. The number of rotatable bonds is 0. The van der Waals surface area contributed by atoms with E-state index in [9.17, 15) is 4.79 Å². The van der Waals surface area contributed by atoms with Gasteiger partial charge in [0, 0.05) is 44.2 Å². The number of hydrogen-bond donors (Lipinski definition) is 0. The molecule has 1 amide bonds. The van der Waals surface area contributed by atoms with Crippen LogP contribution in [0.3, 0.4) is 0 Å². The summed E-state index contributed by atoms with van der Waals surface area (Å²) in [5.41, 5.74) is 2.15. The predicted molar refractivity (Wildman–Crippen MR) is 85.3 cm³/mol. The van der Waals surface area contributed by atoms with E-state index in [4.69, 9.17) is 4.74 Å². The van der Waals surface area contributed by atoms with Crippen molar-refractivity contribution in [3.63, 3.8) is 0 Å². The average molecular weight is 402 g/mol. The number of piperidine rings is 1. The molecule has 0 saturated carbocycles. The highest BCUT2D eigenvalue weighted by atomic mass is 127. The number of ether oxygens (including phenoxy) is 1. The highest BCUT2D eigenvalue weighted by Crippen LogP contribution is 2.25. The number of amides is 1. The molecule has 4 aliphatic heterocycles. The second-order valence-electron chi connectivity index (χ2n) is 5.98. The van der Waals surface area contributed by atoms with Gasteiger partial charge in [-0.15, -0.1) is 0 Å². The first kappa shape index (κ1) is 14.0. The molecule has 2 bridgehead atoms. The van der Waals surface area contributed by atoms with Gasteiger partial charge in [0.05, 0.1) is 18.9 Å². The lowest BCUT2D eigenvalue weighted by Gasteiger charge is -2.31. The Morgan fingerprint density at radius 2 is 2.05 bits per heavy atom. The van der Waals surface area contributed by atoms with Crippen LogP contribution >= 0.6 is 22.6 Å². The van der Waals surface area contributed by atoms with Crippen LogP contribution in [0.15, 0.2) is 0 Å². The summed E-state index contributed by atoms with van der Waals surface area (Å²) < 4.78 is 8.04. The molecule has 5 rings (SSSR count). The van der Waals surface area contributed by atoms with Gasteiger partial charge < -0.3 is 14.5 Å². The van der Waals surface area contributed by atoms with Crippen molar-refractivity contribution in [2.75, 3.05) is 32.8 Å². The van der Waals surface area contributed by atoms with E-state index < -0.39 is 0 Å². The molecule has 0 N–H and O–H groups in total. The molecule has 0 spiro atoms. The maximum absolute atomic E-state index is 13.0. The number of halogens is 1. The lowest BCUT2D eigenvalue weighted by Crippen LogP contribution is -2.44. The Labute approximate surface area is 137 Å². The van der Waals surface area contributed by atoms with Gasteiger partial charge in [0.25, 0.3) is 0 Å². The van der Waals surface area contributed by atoms with Gasteiger partial charge in [-0.25, -0.2) is 4.79 Å². The first-order valence-corrected chi connectivity index (χ1v) is 8.69. The summed E-state index contributed by atoms with van der Waals surface area (Å²) >= 11 is 2.21. The summed E-state index contributed by atoms with van der Waals surface area (Å²) in [5.74, 6) is 0. The average Bonchev–Trinajstić information content (AvgIpc) is 2.69. The number of carbonyl (C=O) groups is 1. The smallest absolute Gasteiger partial charge is 0.345 e. The zero-order valence-corrected chi connectivity index (χ0v) is 14.1. The van der Waals surface area contributed by atoms with Gasteiger partial charge in [-0.05, 0) is 35.4 Å². The summed E-state index contributed by atoms with van der Waals surface area (Å²) in [7, 11) is 0. The van der Waals surface area contributed by atoms with Crippen molar-refractivity contribution < 1.29 is 9.53 Å². The number of fused-ring (bicyclic) bond motifs is 5. The molecular formula is C14H19IN4O2. The van der Waals surface area contributed by atoms with E-state index in [0.717, 1.165) is 60.4 Å². The van der Waals surface area contributed by atoms with Crippen LogP contribution in [-0.4, -0.2) is 64.4 Å². The standard InChI is InChI=1S/C14H19IN4O2/c15-13-11-9-21-8-3-12(11)19(16-13)14(20)18-7-6-17-4-1-10(18)2-5-17/h10H,1-9H2. The molecule has 0 aromatic carbocycles. The number of nitrogens with zero attached hydrogens (tertiary/aromatic N) is 4. The van der Waals surface area contributed by atoms with Gasteiger partial charge in [0.15, 0.2) is 0 Å². The van der Waals surface area contributed by atoms with Crippen LogP contribution in [0.5, 0.6) is 0 Å². The Kier molecular flexibility index (Phi) is 3.66. The molecule has 0 aliphatic carbocycles. The summed E-state index contributed by atoms with van der Waals surface area (Å²) in [5, 5.41) is 4.50. The summed E-state index contributed by atoms with van der Waals surface area (Å²) in [6.07, 6.45) is 2.96. The van der Waals surface area contributed by atoms with Crippen LogP contribution in [0.2, 0.25) is 0 Å². The van der Waals surface area contributed by atoms with Crippen LogP contribution in [0.1, 0.15) is 24.1 Å². The number of carbonyl (C=O) groups excluding carboxylic acids is 1. The molecule has 3 fully saturated rings. The molecule has 114 valence electrons. The third-order valence-electron chi connectivity index (χ3n) is 4.85. The van der Waals surface area contributed by atoms with E-state index in [2.05, 4.69) is 32.6 Å². The zero-order chi connectivity index (χ0) is 14.4. The lowest BCUT2D eigenvalue weighted by atomic mass is 10.1. The Morgan fingerprint density at radius 1 is 1.24 bits per heavy atom. The number of hydrogen-bond acceptors (Lipinski definition) is 4. The molecule has 0 unspecified atom stereocenters. The Balaban J connectivity index is 1.65. The van der Waals surface area contributed by atoms with E-state index in [1.54, 1.807) is 4.68 Å². The van der Waals surface area contributed by atoms with Gasteiger partial charge in [0.1, 0.15) is 3.70 Å². The van der Waals surface area contributed by atoms with Crippen LogP contribution in [-0.2, 0) is 17.8 Å². The van der Waals surface area contributed by atoms with Crippen LogP contribution in [0.4, 0.5) is 4.79 Å². The minimum Gasteiger partial charge on any atom is -0.376 e. The molecule has 1 aromatic heterocycles. The van der Waals surface area contributed by atoms with Crippen molar-refractivity contribution in [1.82, 2.24) is 19.6 Å². The van der Waals surface area contributed by atoms with Crippen molar-refractivity contribution in [1.29, 1.82) is 0 Å². The Morgan fingerprint density at radius 3 is 2.86 bits per heavy atom. The highest BCUT2D eigenvalue weighted by molar-refractivity contribution is 14.1. The zero-order valence-electron chi connectivity index (χ0n) is 11.9. The summed E-state index contributed by atoms with van der Waals surface area (Å²) in [6, 6.07) is 0.443. The Bertz CT molecular complexity index is 566. The second-order valence-corrected chi connectivity index (χ2v) is 7.00. The number of aromatic nitrogens is 2. The van der Waals surface area contributed by atoms with E-state index >= 15 is 0 Å². The molecule has 0 radical (unpaired) electrons. The molecule has 5 heterocycles. The van der Waals surface area contributed by atoms with Crippen LogP contribution in [0, 0.1) is 3.70 Å². The fraction of sp³-hybridized carbons (Fsp3) is 0.714. The first-order chi connectivity index (χ1) is 10.2. The molecule has 0 atom stereocenters.